The minimum absolute atomic E-state index is 0.202. The van der Waals surface area contributed by atoms with Crippen LogP contribution in [-0.4, -0.2) is 15.8 Å². The number of oxazole rings is 1. The highest BCUT2D eigenvalue weighted by molar-refractivity contribution is 6.42. The fourth-order valence-electron chi connectivity index (χ4n) is 3.48. The molecule has 0 fully saturated rings. The van der Waals surface area contributed by atoms with Crippen LogP contribution in [0.4, 0.5) is 4.39 Å². The van der Waals surface area contributed by atoms with Crippen molar-refractivity contribution < 1.29 is 13.6 Å². The van der Waals surface area contributed by atoms with Crippen LogP contribution in [-0.2, 0) is 26.2 Å². The Hall–Kier alpha value is -3.19. The quantitative estimate of drug-likeness (QED) is 0.296. The molecule has 0 aliphatic carbocycles. The number of nitrogens with zero attached hydrogens (tertiary/aromatic N) is 2. The highest BCUT2D eigenvalue weighted by atomic mass is 35.5. The third kappa shape index (κ3) is 6.44. The average Bonchev–Trinajstić information content (AvgIpc) is 3.31. The second-order valence-corrected chi connectivity index (χ2v) is 8.56. The lowest BCUT2D eigenvalue weighted by molar-refractivity contribution is 0.0945. The largest absolute Gasteiger partial charge is 0.447 e. The molecule has 0 saturated heterocycles. The Morgan fingerprint density at radius 2 is 1.68 bits per heavy atom. The third-order valence-corrected chi connectivity index (χ3v) is 6.04. The van der Waals surface area contributed by atoms with Gasteiger partial charge >= 0.3 is 0 Å². The van der Waals surface area contributed by atoms with Gasteiger partial charge in [0.25, 0.3) is 5.91 Å². The van der Waals surface area contributed by atoms with Gasteiger partial charge in [0.2, 0.25) is 5.89 Å². The van der Waals surface area contributed by atoms with Crippen LogP contribution in [0.1, 0.15) is 33.1 Å². The molecule has 174 valence electrons. The molecule has 8 heteroatoms. The first kappa shape index (κ1) is 24.0. The lowest BCUT2D eigenvalue weighted by Gasteiger charge is -2.22. The Bertz CT molecular complexity index is 1250. The van der Waals surface area contributed by atoms with Crippen molar-refractivity contribution in [3.63, 3.8) is 0 Å². The summed E-state index contributed by atoms with van der Waals surface area (Å²) >= 11 is 12.6. The van der Waals surface area contributed by atoms with Crippen LogP contribution >= 0.6 is 23.2 Å². The first-order chi connectivity index (χ1) is 16.5. The molecule has 0 bridgehead atoms. The van der Waals surface area contributed by atoms with Crippen LogP contribution in [0.25, 0.3) is 0 Å². The highest BCUT2D eigenvalue weighted by Gasteiger charge is 2.17. The van der Waals surface area contributed by atoms with E-state index in [1.54, 1.807) is 18.2 Å². The number of aromatic nitrogens is 1. The zero-order valence-corrected chi connectivity index (χ0v) is 19.7. The molecule has 0 unspecified atom stereocenters. The maximum Gasteiger partial charge on any atom is 0.273 e. The van der Waals surface area contributed by atoms with E-state index < -0.39 is 0 Å². The summed E-state index contributed by atoms with van der Waals surface area (Å²) in [6, 6.07) is 21.3. The van der Waals surface area contributed by atoms with Gasteiger partial charge in [0.1, 0.15) is 12.1 Å². The van der Waals surface area contributed by atoms with Gasteiger partial charge in [-0.1, -0.05) is 77.8 Å². The Labute approximate surface area is 207 Å². The molecule has 1 heterocycles. The van der Waals surface area contributed by atoms with Gasteiger partial charge in [0.15, 0.2) is 5.69 Å². The number of carbonyl (C=O) groups is 1. The van der Waals surface area contributed by atoms with Gasteiger partial charge in [-0.3, -0.25) is 9.69 Å². The maximum atomic E-state index is 13.4. The topological polar surface area (TPSA) is 58.4 Å². The zero-order chi connectivity index (χ0) is 23.9. The minimum atomic E-state index is -0.318. The van der Waals surface area contributed by atoms with E-state index in [0.717, 1.165) is 16.7 Å². The first-order valence-corrected chi connectivity index (χ1v) is 11.4. The molecule has 5 nitrogen and oxygen atoms in total. The van der Waals surface area contributed by atoms with Crippen molar-refractivity contribution in [3.8, 4) is 0 Å². The van der Waals surface area contributed by atoms with Crippen LogP contribution < -0.4 is 5.32 Å². The molecule has 4 rings (SSSR count). The van der Waals surface area contributed by atoms with Crippen LogP contribution in [0, 0.1) is 5.82 Å². The number of nitrogens with one attached hydrogen (secondary N) is 1. The van der Waals surface area contributed by atoms with Crippen molar-refractivity contribution in [2.75, 3.05) is 0 Å². The highest BCUT2D eigenvalue weighted by Crippen LogP contribution is 2.27. The van der Waals surface area contributed by atoms with E-state index in [-0.39, 0.29) is 17.4 Å². The molecule has 0 radical (unpaired) electrons. The van der Waals surface area contributed by atoms with Crippen LogP contribution in [0.3, 0.4) is 0 Å². The van der Waals surface area contributed by atoms with Crippen molar-refractivity contribution in [2.24, 2.45) is 0 Å². The summed E-state index contributed by atoms with van der Waals surface area (Å²) in [7, 11) is 0. The molecule has 4 aromatic rings. The van der Waals surface area contributed by atoms with Crippen molar-refractivity contribution in [2.45, 2.75) is 26.2 Å². The van der Waals surface area contributed by atoms with Crippen LogP contribution in [0.5, 0.6) is 0 Å². The molecule has 1 N–H and O–H groups in total. The summed E-state index contributed by atoms with van der Waals surface area (Å²) < 4.78 is 18.9. The molecule has 1 amide bonds. The summed E-state index contributed by atoms with van der Waals surface area (Å²) in [6.45, 7) is 1.65. The second-order valence-electron chi connectivity index (χ2n) is 7.78. The van der Waals surface area contributed by atoms with E-state index >= 15 is 0 Å². The van der Waals surface area contributed by atoms with Crippen molar-refractivity contribution in [1.29, 1.82) is 0 Å². The molecular formula is C26H22Cl2FN3O2. The summed E-state index contributed by atoms with van der Waals surface area (Å²) in [5.74, 6) is -0.237. The van der Waals surface area contributed by atoms with E-state index in [4.69, 9.17) is 27.6 Å². The lowest BCUT2D eigenvalue weighted by Crippen LogP contribution is -2.24. The van der Waals surface area contributed by atoms with E-state index in [0.29, 0.717) is 42.1 Å². The molecule has 1 aromatic heterocycles. The van der Waals surface area contributed by atoms with E-state index in [2.05, 4.69) is 10.3 Å². The maximum absolute atomic E-state index is 13.4. The van der Waals surface area contributed by atoms with Crippen LogP contribution in [0.2, 0.25) is 10.0 Å². The smallest absolute Gasteiger partial charge is 0.273 e. The summed E-state index contributed by atoms with van der Waals surface area (Å²) in [5, 5.41) is 3.78. The number of hydrogen-bond acceptors (Lipinski definition) is 4. The van der Waals surface area contributed by atoms with Gasteiger partial charge in [-0.15, -0.1) is 0 Å². The Kier molecular flexibility index (Phi) is 7.95. The van der Waals surface area contributed by atoms with Gasteiger partial charge in [0, 0.05) is 19.6 Å². The normalized spacial score (nSPS) is 11.1. The molecule has 0 atom stereocenters. The molecule has 0 aliphatic heterocycles. The number of amides is 1. The molecule has 3 aromatic carbocycles. The third-order valence-electron chi connectivity index (χ3n) is 5.18. The van der Waals surface area contributed by atoms with Gasteiger partial charge in [0.05, 0.1) is 16.6 Å². The van der Waals surface area contributed by atoms with Gasteiger partial charge in [-0.25, -0.2) is 9.37 Å². The summed E-state index contributed by atoms with van der Waals surface area (Å²) in [6.07, 6.45) is 1.35. The number of benzene rings is 3. The molecule has 34 heavy (non-hydrogen) atoms. The second kappa shape index (κ2) is 11.3. The monoisotopic (exact) mass is 497 g/mol. The van der Waals surface area contributed by atoms with E-state index in [9.17, 15) is 9.18 Å². The number of halogens is 3. The Morgan fingerprint density at radius 3 is 2.44 bits per heavy atom. The summed E-state index contributed by atoms with van der Waals surface area (Å²) in [4.78, 5) is 18.9. The minimum Gasteiger partial charge on any atom is -0.447 e. The SMILES string of the molecule is O=C(NCc1ccccc1)c1coc(CN(Cc2ccc(F)cc2)Cc2cccc(Cl)c2Cl)n1. The van der Waals surface area contributed by atoms with Gasteiger partial charge in [-0.2, -0.15) is 0 Å². The number of rotatable bonds is 9. The predicted octanol–water partition coefficient (Wildman–Crippen LogP) is 6.25. The zero-order valence-electron chi connectivity index (χ0n) is 18.2. The number of hydrogen-bond donors (Lipinski definition) is 1. The first-order valence-electron chi connectivity index (χ1n) is 10.6. The van der Waals surface area contributed by atoms with Crippen molar-refractivity contribution in [1.82, 2.24) is 15.2 Å². The Morgan fingerprint density at radius 1 is 0.912 bits per heavy atom. The van der Waals surface area contributed by atoms with E-state index in [1.807, 2.05) is 47.4 Å². The van der Waals surface area contributed by atoms with Gasteiger partial charge in [-0.05, 0) is 34.9 Å². The average molecular weight is 498 g/mol. The van der Waals surface area contributed by atoms with Crippen molar-refractivity contribution in [3.05, 3.63) is 123 Å². The Balaban J connectivity index is 1.47. The standard InChI is InChI=1S/C26H22Cl2FN3O2/c27-22-8-4-7-20(25(22)28)15-32(14-19-9-11-21(29)12-10-19)16-24-31-23(17-34-24)26(33)30-13-18-5-2-1-3-6-18/h1-12,17H,13-16H2,(H,30,33). The molecule has 0 saturated carbocycles. The summed E-state index contributed by atoms with van der Waals surface area (Å²) in [5.41, 5.74) is 2.94. The predicted molar refractivity (Wildman–Crippen MR) is 130 cm³/mol. The van der Waals surface area contributed by atoms with Crippen molar-refractivity contribution >= 4 is 29.1 Å². The van der Waals surface area contributed by atoms with E-state index in [1.165, 1.54) is 18.4 Å². The number of carbonyl (C=O) groups excluding carboxylic acids is 1. The van der Waals surface area contributed by atoms with Crippen LogP contribution in [0.15, 0.2) is 83.5 Å². The fraction of sp³-hybridized carbons (Fsp3) is 0.154. The molecule has 0 aliphatic rings. The molecule has 0 spiro atoms. The van der Waals surface area contributed by atoms with Gasteiger partial charge < -0.3 is 9.73 Å². The fourth-order valence-corrected chi connectivity index (χ4v) is 3.85. The lowest BCUT2D eigenvalue weighted by atomic mass is 10.1. The molecular weight excluding hydrogens is 476 g/mol.